The summed E-state index contributed by atoms with van der Waals surface area (Å²) in [6, 6.07) is 6.24. The van der Waals surface area contributed by atoms with Crippen LogP contribution in [0, 0.1) is 5.92 Å². The van der Waals surface area contributed by atoms with Crippen molar-refractivity contribution in [1.82, 2.24) is 0 Å². The quantitative estimate of drug-likeness (QED) is 0.863. The SMILES string of the molecule is OC(c1cccc2c1OCCC2)C1CCCCC1. The van der Waals surface area contributed by atoms with Gasteiger partial charge in [0.15, 0.2) is 0 Å². The van der Waals surface area contributed by atoms with Crippen molar-refractivity contribution >= 4 is 0 Å². The average molecular weight is 246 g/mol. The molecule has 1 aliphatic heterocycles. The van der Waals surface area contributed by atoms with Crippen LogP contribution >= 0.6 is 0 Å². The molecule has 0 spiro atoms. The van der Waals surface area contributed by atoms with Gasteiger partial charge in [0.1, 0.15) is 5.75 Å². The Morgan fingerprint density at radius 1 is 1.11 bits per heavy atom. The molecule has 2 heteroatoms. The van der Waals surface area contributed by atoms with E-state index in [4.69, 9.17) is 4.74 Å². The molecular weight excluding hydrogens is 224 g/mol. The zero-order valence-corrected chi connectivity index (χ0v) is 10.9. The molecule has 1 heterocycles. The molecule has 0 saturated heterocycles. The maximum Gasteiger partial charge on any atom is 0.128 e. The van der Waals surface area contributed by atoms with Crippen molar-refractivity contribution in [2.75, 3.05) is 6.61 Å². The number of benzene rings is 1. The molecule has 1 fully saturated rings. The number of para-hydroxylation sites is 1. The summed E-state index contributed by atoms with van der Waals surface area (Å²) in [4.78, 5) is 0. The zero-order chi connectivity index (χ0) is 12.4. The van der Waals surface area contributed by atoms with Gasteiger partial charge in [-0.05, 0) is 37.2 Å². The van der Waals surface area contributed by atoms with Crippen LogP contribution in [0.15, 0.2) is 18.2 Å². The lowest BCUT2D eigenvalue weighted by Crippen LogP contribution is -2.19. The molecule has 0 radical (unpaired) electrons. The highest BCUT2D eigenvalue weighted by atomic mass is 16.5. The molecule has 1 aromatic carbocycles. The number of hydrogen-bond donors (Lipinski definition) is 1. The Kier molecular flexibility index (Phi) is 3.55. The lowest BCUT2D eigenvalue weighted by Gasteiger charge is -2.29. The van der Waals surface area contributed by atoms with Crippen molar-refractivity contribution in [3.63, 3.8) is 0 Å². The molecule has 1 aromatic rings. The Morgan fingerprint density at radius 2 is 1.94 bits per heavy atom. The Morgan fingerprint density at radius 3 is 2.78 bits per heavy atom. The topological polar surface area (TPSA) is 29.5 Å². The maximum absolute atomic E-state index is 10.6. The van der Waals surface area contributed by atoms with Crippen LogP contribution < -0.4 is 4.74 Å². The van der Waals surface area contributed by atoms with Crippen molar-refractivity contribution in [3.8, 4) is 5.75 Å². The van der Waals surface area contributed by atoms with Gasteiger partial charge in [0, 0.05) is 5.56 Å². The fourth-order valence-corrected chi connectivity index (χ4v) is 3.35. The molecule has 0 bridgehead atoms. The molecule has 3 rings (SSSR count). The lowest BCUT2D eigenvalue weighted by molar-refractivity contribution is 0.0810. The van der Waals surface area contributed by atoms with Gasteiger partial charge < -0.3 is 9.84 Å². The summed E-state index contributed by atoms with van der Waals surface area (Å²) in [5, 5.41) is 10.6. The van der Waals surface area contributed by atoms with E-state index < -0.39 is 0 Å². The van der Waals surface area contributed by atoms with Gasteiger partial charge in [-0.3, -0.25) is 0 Å². The minimum Gasteiger partial charge on any atom is -0.493 e. The van der Waals surface area contributed by atoms with Crippen molar-refractivity contribution in [3.05, 3.63) is 29.3 Å². The van der Waals surface area contributed by atoms with Crippen LogP contribution in [0.5, 0.6) is 5.75 Å². The summed E-state index contributed by atoms with van der Waals surface area (Å²) in [5.41, 5.74) is 2.30. The fourth-order valence-electron chi connectivity index (χ4n) is 3.35. The highest BCUT2D eigenvalue weighted by Crippen LogP contribution is 2.40. The number of aryl methyl sites for hydroxylation is 1. The number of fused-ring (bicyclic) bond motifs is 1. The molecule has 1 atom stereocenters. The number of ether oxygens (including phenoxy) is 1. The van der Waals surface area contributed by atoms with Crippen LogP contribution in [0.3, 0.4) is 0 Å². The maximum atomic E-state index is 10.6. The molecule has 1 aliphatic carbocycles. The third-order valence-corrected chi connectivity index (χ3v) is 4.38. The fraction of sp³-hybridized carbons (Fsp3) is 0.625. The second-order valence-corrected chi connectivity index (χ2v) is 5.63. The van der Waals surface area contributed by atoms with E-state index in [1.807, 2.05) is 6.07 Å². The van der Waals surface area contributed by atoms with Crippen molar-refractivity contribution in [1.29, 1.82) is 0 Å². The van der Waals surface area contributed by atoms with Gasteiger partial charge in [-0.25, -0.2) is 0 Å². The van der Waals surface area contributed by atoms with Gasteiger partial charge in [0.25, 0.3) is 0 Å². The Labute approximate surface area is 109 Å². The summed E-state index contributed by atoms with van der Waals surface area (Å²) in [6.07, 6.45) is 8.01. The van der Waals surface area contributed by atoms with Crippen molar-refractivity contribution in [2.24, 2.45) is 5.92 Å². The van der Waals surface area contributed by atoms with Crippen LogP contribution in [-0.4, -0.2) is 11.7 Å². The molecule has 2 nitrogen and oxygen atoms in total. The number of aliphatic hydroxyl groups excluding tert-OH is 1. The first-order chi connectivity index (χ1) is 8.86. The van der Waals surface area contributed by atoms with Crippen LogP contribution in [0.1, 0.15) is 55.8 Å². The third-order valence-electron chi connectivity index (χ3n) is 4.38. The minimum atomic E-state index is -0.335. The van der Waals surface area contributed by atoms with Crippen LogP contribution in [0.2, 0.25) is 0 Å². The first-order valence-electron chi connectivity index (χ1n) is 7.29. The highest BCUT2D eigenvalue weighted by Gasteiger charge is 2.27. The van der Waals surface area contributed by atoms with Crippen LogP contribution in [-0.2, 0) is 6.42 Å². The Hall–Kier alpha value is -1.02. The molecular formula is C16H22O2. The van der Waals surface area contributed by atoms with E-state index in [9.17, 15) is 5.11 Å². The van der Waals surface area contributed by atoms with Crippen LogP contribution in [0.4, 0.5) is 0 Å². The summed E-state index contributed by atoms with van der Waals surface area (Å²) in [6.45, 7) is 0.793. The first kappa shape index (κ1) is 12.0. The van der Waals surface area contributed by atoms with E-state index >= 15 is 0 Å². The summed E-state index contributed by atoms with van der Waals surface area (Å²) in [7, 11) is 0. The normalized spacial score (nSPS) is 22.1. The van der Waals surface area contributed by atoms with Gasteiger partial charge in [0.05, 0.1) is 12.7 Å². The predicted octanol–water partition coefficient (Wildman–Crippen LogP) is 3.63. The molecule has 2 aliphatic rings. The van der Waals surface area contributed by atoms with E-state index in [2.05, 4.69) is 12.1 Å². The summed E-state index contributed by atoms with van der Waals surface area (Å²) < 4.78 is 5.81. The number of aliphatic hydroxyl groups is 1. The second kappa shape index (κ2) is 5.31. The van der Waals surface area contributed by atoms with E-state index in [0.717, 1.165) is 43.6 Å². The van der Waals surface area contributed by atoms with Gasteiger partial charge in [-0.15, -0.1) is 0 Å². The second-order valence-electron chi connectivity index (χ2n) is 5.63. The minimum absolute atomic E-state index is 0.335. The van der Waals surface area contributed by atoms with E-state index in [-0.39, 0.29) is 6.10 Å². The highest BCUT2D eigenvalue weighted by molar-refractivity contribution is 5.44. The number of rotatable bonds is 2. The van der Waals surface area contributed by atoms with Gasteiger partial charge >= 0.3 is 0 Å². The van der Waals surface area contributed by atoms with Gasteiger partial charge in [0.2, 0.25) is 0 Å². The third kappa shape index (κ3) is 2.26. The molecule has 1 N–H and O–H groups in total. The summed E-state index contributed by atoms with van der Waals surface area (Å²) in [5.74, 6) is 1.40. The smallest absolute Gasteiger partial charge is 0.128 e. The Bertz CT molecular complexity index is 408. The van der Waals surface area contributed by atoms with Gasteiger partial charge in [-0.2, -0.15) is 0 Å². The molecule has 1 saturated carbocycles. The average Bonchev–Trinajstić information content (AvgIpc) is 2.47. The molecule has 0 amide bonds. The molecule has 1 unspecified atom stereocenters. The molecule has 98 valence electrons. The van der Waals surface area contributed by atoms with Gasteiger partial charge in [-0.1, -0.05) is 37.5 Å². The van der Waals surface area contributed by atoms with E-state index in [1.54, 1.807) is 0 Å². The van der Waals surface area contributed by atoms with Crippen molar-refractivity contribution in [2.45, 2.75) is 51.0 Å². The first-order valence-corrected chi connectivity index (χ1v) is 7.29. The van der Waals surface area contributed by atoms with Crippen LogP contribution in [0.25, 0.3) is 0 Å². The largest absolute Gasteiger partial charge is 0.493 e. The zero-order valence-electron chi connectivity index (χ0n) is 10.9. The molecule has 0 aromatic heterocycles. The lowest BCUT2D eigenvalue weighted by atomic mass is 9.82. The van der Waals surface area contributed by atoms with E-state index in [0.29, 0.717) is 5.92 Å². The standard InChI is InChI=1S/C16H22O2/c17-15(12-6-2-1-3-7-12)14-10-4-8-13-9-5-11-18-16(13)14/h4,8,10,12,15,17H,1-3,5-7,9,11H2. The monoisotopic (exact) mass is 246 g/mol. The summed E-state index contributed by atoms with van der Waals surface area (Å²) >= 11 is 0. The van der Waals surface area contributed by atoms with Crippen molar-refractivity contribution < 1.29 is 9.84 Å². The van der Waals surface area contributed by atoms with E-state index in [1.165, 1.54) is 24.8 Å². The predicted molar refractivity (Wildman–Crippen MR) is 71.8 cm³/mol. The molecule has 18 heavy (non-hydrogen) atoms. The number of hydrogen-bond acceptors (Lipinski definition) is 2. The Balaban J connectivity index is 1.86.